The minimum absolute atomic E-state index is 0.357. The molecule has 0 saturated carbocycles. The van der Waals surface area contributed by atoms with Crippen LogP contribution in [0.25, 0.3) is 0 Å². The van der Waals surface area contributed by atoms with Crippen LogP contribution in [0.3, 0.4) is 0 Å². The summed E-state index contributed by atoms with van der Waals surface area (Å²) in [7, 11) is 0. The van der Waals surface area contributed by atoms with Crippen LogP contribution in [-0.4, -0.2) is 36.3 Å². The Morgan fingerprint density at radius 2 is 2.33 bits per heavy atom. The van der Waals surface area contributed by atoms with Crippen LogP contribution < -0.4 is 10.6 Å². The highest BCUT2D eigenvalue weighted by atomic mass is 16.5. The average Bonchev–Trinajstić information content (AvgIpc) is 2.77. The molecule has 5 heteroatoms. The van der Waals surface area contributed by atoms with Crippen LogP contribution >= 0.6 is 0 Å². The normalized spacial score (nSPS) is 19.4. The van der Waals surface area contributed by atoms with Crippen molar-refractivity contribution >= 4 is 11.8 Å². The molecular formula is C13H22N4O. The van der Waals surface area contributed by atoms with Gasteiger partial charge in [0.2, 0.25) is 5.95 Å². The van der Waals surface area contributed by atoms with Crippen molar-refractivity contribution in [2.75, 3.05) is 36.9 Å². The summed E-state index contributed by atoms with van der Waals surface area (Å²) in [6, 6.07) is 1.99. The van der Waals surface area contributed by atoms with E-state index in [1.54, 1.807) is 0 Å². The summed E-state index contributed by atoms with van der Waals surface area (Å²) < 4.78 is 5.61. The molecule has 1 aromatic rings. The molecule has 100 valence electrons. The summed E-state index contributed by atoms with van der Waals surface area (Å²) in [6.45, 7) is 7.81. The number of nitrogens with two attached hydrogens (primary N) is 1. The zero-order valence-corrected chi connectivity index (χ0v) is 11.2. The van der Waals surface area contributed by atoms with E-state index in [-0.39, 0.29) is 0 Å². The van der Waals surface area contributed by atoms with Crippen LogP contribution in [0, 0.1) is 12.8 Å². The summed E-state index contributed by atoms with van der Waals surface area (Å²) in [5.41, 5.74) is 6.61. The van der Waals surface area contributed by atoms with Crippen LogP contribution in [0.4, 0.5) is 11.8 Å². The molecule has 18 heavy (non-hydrogen) atoms. The first kappa shape index (κ1) is 13.1. The highest BCUT2D eigenvalue weighted by Gasteiger charge is 2.23. The maximum atomic E-state index is 5.69. The van der Waals surface area contributed by atoms with Crippen LogP contribution in [-0.2, 0) is 4.74 Å². The molecule has 0 spiro atoms. The van der Waals surface area contributed by atoms with Crippen molar-refractivity contribution in [1.29, 1.82) is 0 Å². The Labute approximate surface area is 108 Å². The number of aromatic nitrogens is 2. The quantitative estimate of drug-likeness (QED) is 0.804. The van der Waals surface area contributed by atoms with E-state index in [0.717, 1.165) is 50.7 Å². The number of nitrogens with zero attached hydrogens (tertiary/aromatic N) is 3. The minimum atomic E-state index is 0.357. The molecule has 2 N–H and O–H groups in total. The lowest BCUT2D eigenvalue weighted by Gasteiger charge is -2.18. The Balaban J connectivity index is 1.91. The van der Waals surface area contributed by atoms with Gasteiger partial charge in [0.1, 0.15) is 5.82 Å². The highest BCUT2D eigenvalue weighted by Crippen LogP contribution is 2.23. The van der Waals surface area contributed by atoms with E-state index in [1.807, 2.05) is 13.0 Å². The third-order valence-corrected chi connectivity index (χ3v) is 3.17. The smallest absolute Gasteiger partial charge is 0.222 e. The van der Waals surface area contributed by atoms with E-state index in [9.17, 15) is 0 Å². The first-order valence-corrected chi connectivity index (χ1v) is 6.63. The van der Waals surface area contributed by atoms with Gasteiger partial charge in [-0.2, -0.15) is 4.98 Å². The number of ether oxygens (including phenoxy) is 1. The number of rotatable bonds is 5. The fraction of sp³-hybridized carbons (Fsp3) is 0.692. The second-order valence-corrected chi connectivity index (χ2v) is 4.90. The average molecular weight is 250 g/mol. The lowest BCUT2D eigenvalue weighted by atomic mass is 10.1. The molecule has 1 aliphatic rings. The molecular weight excluding hydrogens is 228 g/mol. The lowest BCUT2D eigenvalue weighted by Crippen LogP contribution is -2.23. The Kier molecular flexibility index (Phi) is 4.36. The molecule has 0 radical (unpaired) electrons. The molecule has 1 atom stereocenters. The van der Waals surface area contributed by atoms with Gasteiger partial charge in [0.15, 0.2) is 0 Å². The van der Waals surface area contributed by atoms with Crippen molar-refractivity contribution in [3.63, 3.8) is 0 Å². The van der Waals surface area contributed by atoms with Crippen LogP contribution in [0.2, 0.25) is 0 Å². The monoisotopic (exact) mass is 250 g/mol. The maximum Gasteiger partial charge on any atom is 0.222 e. The van der Waals surface area contributed by atoms with Crippen LogP contribution in [0.1, 0.15) is 25.5 Å². The van der Waals surface area contributed by atoms with Gasteiger partial charge < -0.3 is 15.4 Å². The van der Waals surface area contributed by atoms with Gasteiger partial charge in [-0.15, -0.1) is 0 Å². The van der Waals surface area contributed by atoms with Gasteiger partial charge in [-0.05, 0) is 19.8 Å². The van der Waals surface area contributed by atoms with E-state index < -0.39 is 0 Å². The Morgan fingerprint density at radius 3 is 3.06 bits per heavy atom. The SMILES string of the molecule is CCCOC[C@H]1CCN(c2cc(C)nc(N)n2)C1. The molecule has 0 unspecified atom stereocenters. The minimum Gasteiger partial charge on any atom is -0.381 e. The highest BCUT2D eigenvalue weighted by molar-refractivity contribution is 5.44. The second kappa shape index (κ2) is 6.00. The lowest BCUT2D eigenvalue weighted by molar-refractivity contribution is 0.106. The number of aryl methyl sites for hydroxylation is 1. The molecule has 1 aliphatic heterocycles. The number of anilines is 2. The van der Waals surface area contributed by atoms with E-state index in [1.165, 1.54) is 0 Å². The Morgan fingerprint density at radius 1 is 1.50 bits per heavy atom. The number of hydrogen-bond donors (Lipinski definition) is 1. The fourth-order valence-electron chi connectivity index (χ4n) is 2.31. The molecule has 2 heterocycles. The van der Waals surface area contributed by atoms with Crippen molar-refractivity contribution in [2.24, 2.45) is 5.92 Å². The zero-order chi connectivity index (χ0) is 13.0. The maximum absolute atomic E-state index is 5.69. The van der Waals surface area contributed by atoms with Gasteiger partial charge in [0.05, 0.1) is 6.61 Å². The largest absolute Gasteiger partial charge is 0.381 e. The van der Waals surface area contributed by atoms with Crippen molar-refractivity contribution in [3.05, 3.63) is 11.8 Å². The van der Waals surface area contributed by atoms with Gasteiger partial charge in [-0.3, -0.25) is 0 Å². The molecule has 1 fully saturated rings. The van der Waals surface area contributed by atoms with Crippen LogP contribution in [0.5, 0.6) is 0 Å². The molecule has 1 aromatic heterocycles. The zero-order valence-electron chi connectivity index (χ0n) is 11.2. The topological polar surface area (TPSA) is 64.3 Å². The van der Waals surface area contributed by atoms with Crippen molar-refractivity contribution < 1.29 is 4.74 Å². The third-order valence-electron chi connectivity index (χ3n) is 3.17. The van der Waals surface area contributed by atoms with Gasteiger partial charge in [0, 0.05) is 37.4 Å². The molecule has 0 aromatic carbocycles. The van der Waals surface area contributed by atoms with E-state index >= 15 is 0 Å². The van der Waals surface area contributed by atoms with Crippen molar-refractivity contribution in [3.8, 4) is 0 Å². The van der Waals surface area contributed by atoms with E-state index in [2.05, 4.69) is 21.8 Å². The molecule has 0 amide bonds. The summed E-state index contributed by atoms with van der Waals surface area (Å²) in [5.74, 6) is 1.90. The number of nitrogen functional groups attached to an aromatic ring is 1. The van der Waals surface area contributed by atoms with Crippen molar-refractivity contribution in [2.45, 2.75) is 26.7 Å². The van der Waals surface area contributed by atoms with E-state index in [0.29, 0.717) is 11.9 Å². The predicted octanol–water partition coefficient (Wildman–Crippen LogP) is 1.62. The summed E-state index contributed by atoms with van der Waals surface area (Å²) in [4.78, 5) is 10.7. The van der Waals surface area contributed by atoms with E-state index in [4.69, 9.17) is 10.5 Å². The number of hydrogen-bond acceptors (Lipinski definition) is 5. The molecule has 0 bridgehead atoms. The molecule has 5 nitrogen and oxygen atoms in total. The fourth-order valence-corrected chi connectivity index (χ4v) is 2.31. The molecule has 0 aliphatic carbocycles. The third kappa shape index (κ3) is 3.32. The van der Waals surface area contributed by atoms with Gasteiger partial charge in [-0.1, -0.05) is 6.92 Å². The standard InChI is InChI=1S/C13H22N4O/c1-3-6-18-9-11-4-5-17(8-11)12-7-10(2)15-13(14)16-12/h7,11H,3-6,8-9H2,1-2H3,(H2,14,15,16)/t11-/m0/s1. The van der Waals surface area contributed by atoms with Gasteiger partial charge in [0.25, 0.3) is 0 Å². The second-order valence-electron chi connectivity index (χ2n) is 4.90. The summed E-state index contributed by atoms with van der Waals surface area (Å²) in [6.07, 6.45) is 2.24. The van der Waals surface area contributed by atoms with Crippen LogP contribution in [0.15, 0.2) is 6.07 Å². The first-order chi connectivity index (χ1) is 8.69. The summed E-state index contributed by atoms with van der Waals surface area (Å²) >= 11 is 0. The Bertz CT molecular complexity index is 376. The molecule has 2 rings (SSSR count). The predicted molar refractivity (Wildman–Crippen MR) is 72.6 cm³/mol. The van der Waals surface area contributed by atoms with Gasteiger partial charge in [-0.25, -0.2) is 4.98 Å². The van der Waals surface area contributed by atoms with Crippen molar-refractivity contribution in [1.82, 2.24) is 9.97 Å². The first-order valence-electron chi connectivity index (χ1n) is 6.63. The Hall–Kier alpha value is -1.36. The van der Waals surface area contributed by atoms with Gasteiger partial charge >= 0.3 is 0 Å². The summed E-state index contributed by atoms with van der Waals surface area (Å²) in [5, 5.41) is 0. The molecule has 1 saturated heterocycles.